The minimum Gasteiger partial charge on any atom is -0.494 e. The van der Waals surface area contributed by atoms with Crippen molar-refractivity contribution in [2.75, 3.05) is 6.61 Å². The molecule has 0 spiro atoms. The molecule has 0 heterocycles. The van der Waals surface area contributed by atoms with Crippen LogP contribution in [0.1, 0.15) is 12.5 Å². The Hall–Kier alpha value is -1.36. The summed E-state index contributed by atoms with van der Waals surface area (Å²) in [5.74, 6) is 6.64. The molecule has 0 aliphatic carbocycles. The van der Waals surface area contributed by atoms with Crippen molar-refractivity contribution < 1.29 is 4.74 Å². The van der Waals surface area contributed by atoms with Crippen LogP contribution in [0, 0.1) is 0 Å². The summed E-state index contributed by atoms with van der Waals surface area (Å²) in [7, 11) is 0. The maximum absolute atomic E-state index is 5.49. The molecule has 5 heteroatoms. The highest BCUT2D eigenvalue weighted by Crippen LogP contribution is 2.22. The van der Waals surface area contributed by atoms with Gasteiger partial charge in [-0.3, -0.25) is 0 Å². The first-order valence-corrected chi connectivity index (χ1v) is 5.63. The summed E-state index contributed by atoms with van der Waals surface area (Å²) in [4.78, 5) is 0. The van der Waals surface area contributed by atoms with Crippen LogP contribution in [-0.2, 0) is 5.75 Å². The highest BCUT2D eigenvalue weighted by Gasteiger charge is 2.03. The van der Waals surface area contributed by atoms with E-state index in [0.717, 1.165) is 11.3 Å². The summed E-state index contributed by atoms with van der Waals surface area (Å²) in [5.41, 5.74) is 6.59. The molecule has 1 aromatic carbocycles. The second kappa shape index (κ2) is 6.19. The Morgan fingerprint density at radius 3 is 2.87 bits per heavy atom. The number of thioether (sulfide) groups is 1. The normalized spacial score (nSPS) is 11.4. The van der Waals surface area contributed by atoms with Gasteiger partial charge in [0.05, 0.1) is 6.61 Å². The molecule has 4 N–H and O–H groups in total. The van der Waals surface area contributed by atoms with Crippen LogP contribution in [-0.4, -0.2) is 11.8 Å². The van der Waals surface area contributed by atoms with Gasteiger partial charge in [-0.15, -0.1) is 0 Å². The van der Waals surface area contributed by atoms with Crippen LogP contribution in [0.5, 0.6) is 5.75 Å². The Labute approximate surface area is 93.7 Å². The third-order valence-electron chi connectivity index (χ3n) is 1.78. The zero-order chi connectivity index (χ0) is 11.1. The molecule has 0 bridgehead atoms. The van der Waals surface area contributed by atoms with E-state index in [9.17, 15) is 0 Å². The minimum absolute atomic E-state index is 0.376. The van der Waals surface area contributed by atoms with Crippen molar-refractivity contribution in [3.8, 4) is 5.75 Å². The van der Waals surface area contributed by atoms with Gasteiger partial charge in [-0.2, -0.15) is 5.10 Å². The van der Waals surface area contributed by atoms with E-state index < -0.39 is 0 Å². The molecule has 0 unspecified atom stereocenters. The summed E-state index contributed by atoms with van der Waals surface area (Å²) < 4.78 is 5.48. The Kier molecular flexibility index (Phi) is 4.83. The number of rotatable bonds is 4. The SMILES string of the molecule is CCOc1ccccc1CSC(N)=NN. The fourth-order valence-electron chi connectivity index (χ4n) is 1.11. The van der Waals surface area contributed by atoms with E-state index in [-0.39, 0.29) is 0 Å². The Bertz CT molecular complexity index is 341. The summed E-state index contributed by atoms with van der Waals surface area (Å²) in [6.07, 6.45) is 0. The molecule has 0 atom stereocenters. The van der Waals surface area contributed by atoms with Crippen molar-refractivity contribution in [3.63, 3.8) is 0 Å². The van der Waals surface area contributed by atoms with Crippen LogP contribution in [0.4, 0.5) is 0 Å². The van der Waals surface area contributed by atoms with E-state index in [1.807, 2.05) is 31.2 Å². The molecule has 82 valence electrons. The first kappa shape index (κ1) is 11.7. The largest absolute Gasteiger partial charge is 0.494 e. The zero-order valence-corrected chi connectivity index (χ0v) is 9.46. The molecule has 1 aromatic rings. The Morgan fingerprint density at radius 2 is 2.20 bits per heavy atom. The fraction of sp³-hybridized carbons (Fsp3) is 0.300. The monoisotopic (exact) mass is 225 g/mol. The van der Waals surface area contributed by atoms with Crippen LogP contribution in [0.25, 0.3) is 0 Å². The van der Waals surface area contributed by atoms with Gasteiger partial charge in [0.15, 0.2) is 5.17 Å². The van der Waals surface area contributed by atoms with Gasteiger partial charge in [0.25, 0.3) is 0 Å². The van der Waals surface area contributed by atoms with Gasteiger partial charge >= 0.3 is 0 Å². The molecule has 15 heavy (non-hydrogen) atoms. The Morgan fingerprint density at radius 1 is 1.47 bits per heavy atom. The van der Waals surface area contributed by atoms with Crippen LogP contribution in [0.2, 0.25) is 0 Å². The van der Waals surface area contributed by atoms with E-state index in [0.29, 0.717) is 17.5 Å². The van der Waals surface area contributed by atoms with Gasteiger partial charge in [0, 0.05) is 11.3 Å². The second-order valence-electron chi connectivity index (χ2n) is 2.80. The summed E-state index contributed by atoms with van der Waals surface area (Å²) in [5, 5.41) is 3.77. The number of nitrogens with zero attached hydrogens (tertiary/aromatic N) is 1. The van der Waals surface area contributed by atoms with Gasteiger partial charge < -0.3 is 16.3 Å². The van der Waals surface area contributed by atoms with Crippen molar-refractivity contribution in [2.45, 2.75) is 12.7 Å². The number of benzene rings is 1. The van der Waals surface area contributed by atoms with E-state index in [2.05, 4.69) is 5.10 Å². The van der Waals surface area contributed by atoms with E-state index >= 15 is 0 Å². The van der Waals surface area contributed by atoms with E-state index in [4.69, 9.17) is 16.3 Å². The minimum atomic E-state index is 0.376. The van der Waals surface area contributed by atoms with Gasteiger partial charge in [-0.25, -0.2) is 0 Å². The number of hydrazone groups is 1. The average Bonchev–Trinajstić information content (AvgIpc) is 2.28. The zero-order valence-electron chi connectivity index (χ0n) is 8.64. The molecule has 0 saturated carbocycles. The molecule has 0 fully saturated rings. The number of hydrogen-bond donors (Lipinski definition) is 2. The van der Waals surface area contributed by atoms with Crippen LogP contribution < -0.4 is 16.3 Å². The molecular weight excluding hydrogens is 210 g/mol. The maximum atomic E-state index is 5.49. The first-order chi connectivity index (χ1) is 7.27. The van der Waals surface area contributed by atoms with Crippen LogP contribution in [0.3, 0.4) is 0 Å². The number of amidine groups is 1. The summed E-state index contributed by atoms with van der Waals surface area (Å²) in [6.45, 7) is 2.61. The maximum Gasteiger partial charge on any atom is 0.177 e. The lowest BCUT2D eigenvalue weighted by Crippen LogP contribution is -2.09. The highest BCUT2D eigenvalue weighted by atomic mass is 32.2. The van der Waals surface area contributed by atoms with E-state index in [1.54, 1.807) is 0 Å². The van der Waals surface area contributed by atoms with Crippen molar-refractivity contribution >= 4 is 16.9 Å². The molecule has 0 aromatic heterocycles. The standard InChI is InChI=1S/C10H15N3OS/c1-2-14-9-6-4-3-5-8(9)7-15-10(11)13-12/h3-6H,2,7,12H2,1H3,(H2,11,13). The predicted octanol–water partition coefficient (Wildman–Crippen LogP) is 1.51. The fourth-order valence-corrected chi connectivity index (χ4v) is 1.72. The van der Waals surface area contributed by atoms with Crippen LogP contribution >= 0.6 is 11.8 Å². The molecule has 0 amide bonds. The molecule has 1 rings (SSSR count). The van der Waals surface area contributed by atoms with Crippen molar-refractivity contribution in [1.82, 2.24) is 0 Å². The molecule has 0 aliphatic rings. The lowest BCUT2D eigenvalue weighted by atomic mass is 10.2. The molecule has 0 radical (unpaired) electrons. The van der Waals surface area contributed by atoms with Gasteiger partial charge in [-0.1, -0.05) is 30.0 Å². The number of para-hydroxylation sites is 1. The predicted molar refractivity (Wildman–Crippen MR) is 64.7 cm³/mol. The lowest BCUT2D eigenvalue weighted by molar-refractivity contribution is 0.337. The third-order valence-corrected chi connectivity index (χ3v) is 2.63. The average molecular weight is 225 g/mol. The first-order valence-electron chi connectivity index (χ1n) is 4.64. The number of ether oxygens (including phenoxy) is 1. The quantitative estimate of drug-likeness (QED) is 0.352. The number of hydrogen-bond acceptors (Lipinski definition) is 4. The molecular formula is C10H15N3OS. The third kappa shape index (κ3) is 3.71. The lowest BCUT2D eigenvalue weighted by Gasteiger charge is -2.08. The molecule has 0 saturated heterocycles. The van der Waals surface area contributed by atoms with E-state index in [1.165, 1.54) is 11.8 Å². The van der Waals surface area contributed by atoms with Gasteiger partial charge in [-0.05, 0) is 13.0 Å². The van der Waals surface area contributed by atoms with Crippen molar-refractivity contribution in [1.29, 1.82) is 0 Å². The number of nitrogens with two attached hydrogens (primary N) is 2. The highest BCUT2D eigenvalue weighted by molar-refractivity contribution is 8.13. The topological polar surface area (TPSA) is 73.6 Å². The van der Waals surface area contributed by atoms with Gasteiger partial charge in [0.2, 0.25) is 0 Å². The van der Waals surface area contributed by atoms with Crippen molar-refractivity contribution in [2.24, 2.45) is 16.7 Å². The summed E-state index contributed by atoms with van der Waals surface area (Å²) in [6, 6.07) is 7.85. The molecule has 4 nitrogen and oxygen atoms in total. The van der Waals surface area contributed by atoms with Crippen LogP contribution in [0.15, 0.2) is 29.4 Å². The van der Waals surface area contributed by atoms with Gasteiger partial charge in [0.1, 0.15) is 5.75 Å². The molecule has 0 aliphatic heterocycles. The van der Waals surface area contributed by atoms with Crippen molar-refractivity contribution in [3.05, 3.63) is 29.8 Å². The second-order valence-corrected chi connectivity index (χ2v) is 3.79. The Balaban J connectivity index is 2.66. The summed E-state index contributed by atoms with van der Waals surface area (Å²) >= 11 is 1.39. The smallest absolute Gasteiger partial charge is 0.177 e.